The van der Waals surface area contributed by atoms with Crippen LogP contribution in [-0.4, -0.2) is 37.0 Å². The van der Waals surface area contributed by atoms with Crippen molar-refractivity contribution in [1.82, 2.24) is 0 Å². The molecular weight excluding hydrogens is 346 g/mol. The first kappa shape index (κ1) is 18.5. The Balaban J connectivity index is 2.15. The van der Waals surface area contributed by atoms with E-state index in [-0.39, 0.29) is 0 Å². The number of aliphatic carboxylic acids is 1. The Labute approximate surface area is 149 Å². The van der Waals surface area contributed by atoms with Gasteiger partial charge in [0.25, 0.3) is 0 Å². The molecule has 130 valence electrons. The maximum Gasteiger partial charge on any atom is 0.341 e. The molecule has 0 radical (unpaired) electrons. The fourth-order valence-electron chi connectivity index (χ4n) is 2.04. The predicted octanol–water partition coefficient (Wildman–Crippen LogP) is 3.65. The van der Waals surface area contributed by atoms with E-state index < -0.39 is 18.5 Å². The number of rotatable bonds is 6. The van der Waals surface area contributed by atoms with E-state index in [0.29, 0.717) is 22.0 Å². The maximum atomic E-state index is 11.5. The lowest BCUT2D eigenvalue weighted by Crippen LogP contribution is -2.09. The number of benzene rings is 2. The van der Waals surface area contributed by atoms with Gasteiger partial charge in [0.15, 0.2) is 6.61 Å². The lowest BCUT2D eigenvalue weighted by Gasteiger charge is -2.06. The monoisotopic (exact) mass is 361 g/mol. The number of halogens is 1. The first-order chi connectivity index (χ1) is 11.9. The van der Waals surface area contributed by atoms with Crippen molar-refractivity contribution >= 4 is 35.4 Å². The molecule has 0 aliphatic heterocycles. The molecule has 0 amide bonds. The van der Waals surface area contributed by atoms with Crippen molar-refractivity contribution in [2.75, 3.05) is 13.7 Å². The van der Waals surface area contributed by atoms with Crippen LogP contribution in [0.2, 0.25) is 5.02 Å². The van der Waals surface area contributed by atoms with Gasteiger partial charge in [-0.2, -0.15) is 0 Å². The second kappa shape index (κ2) is 8.30. The zero-order valence-electron chi connectivity index (χ0n) is 13.7. The number of aliphatic imine (C=N–C) groups is 1. The van der Waals surface area contributed by atoms with Crippen LogP contribution in [0.3, 0.4) is 0 Å². The second-order valence-corrected chi connectivity index (χ2v) is 5.53. The molecule has 7 heteroatoms. The molecule has 2 rings (SSSR count). The smallest absolute Gasteiger partial charge is 0.341 e. The largest absolute Gasteiger partial charge is 0.480 e. The van der Waals surface area contributed by atoms with Crippen molar-refractivity contribution in [1.29, 1.82) is 0 Å². The number of nitrogens with zero attached hydrogens (tertiary/aromatic N) is 1. The molecule has 0 aromatic heterocycles. The third-order valence-electron chi connectivity index (χ3n) is 3.28. The summed E-state index contributed by atoms with van der Waals surface area (Å²) in [5, 5.41) is 8.90. The number of hydrogen-bond acceptors (Lipinski definition) is 5. The van der Waals surface area contributed by atoms with Gasteiger partial charge in [0.1, 0.15) is 5.75 Å². The normalized spacial score (nSPS) is 10.7. The van der Waals surface area contributed by atoms with Crippen LogP contribution in [0.15, 0.2) is 41.4 Å². The summed E-state index contributed by atoms with van der Waals surface area (Å²) in [6.07, 6.45) is 1.62. The lowest BCUT2D eigenvalue weighted by atomic mass is 10.1. The fourth-order valence-corrected chi connectivity index (χ4v) is 2.29. The Bertz CT molecular complexity index is 832. The number of aryl methyl sites for hydroxylation is 1. The van der Waals surface area contributed by atoms with Crippen molar-refractivity contribution in [2.45, 2.75) is 6.92 Å². The number of esters is 1. The van der Waals surface area contributed by atoms with Gasteiger partial charge in [-0.1, -0.05) is 11.6 Å². The number of carboxylic acids is 1. The molecule has 0 saturated heterocycles. The van der Waals surface area contributed by atoms with Crippen molar-refractivity contribution < 1.29 is 24.2 Å². The maximum absolute atomic E-state index is 11.5. The molecule has 0 aliphatic carbocycles. The minimum Gasteiger partial charge on any atom is -0.480 e. The van der Waals surface area contributed by atoms with Gasteiger partial charge < -0.3 is 14.6 Å². The van der Waals surface area contributed by atoms with Crippen molar-refractivity contribution in [2.24, 2.45) is 4.99 Å². The molecule has 2 aromatic carbocycles. The number of carbonyl (C=O) groups excluding carboxylic acids is 1. The van der Waals surface area contributed by atoms with E-state index in [0.717, 1.165) is 11.1 Å². The highest BCUT2D eigenvalue weighted by atomic mass is 35.5. The fraction of sp³-hybridized carbons (Fsp3) is 0.167. The van der Waals surface area contributed by atoms with Gasteiger partial charge in [0, 0.05) is 6.21 Å². The number of ether oxygens (including phenoxy) is 2. The van der Waals surface area contributed by atoms with Gasteiger partial charge in [-0.15, -0.1) is 0 Å². The molecule has 0 spiro atoms. The minimum atomic E-state index is -1.08. The van der Waals surface area contributed by atoms with Crippen molar-refractivity contribution in [3.8, 4) is 5.75 Å². The zero-order valence-corrected chi connectivity index (χ0v) is 14.4. The predicted molar refractivity (Wildman–Crippen MR) is 94.4 cm³/mol. The molecule has 0 aliphatic rings. The topological polar surface area (TPSA) is 85.2 Å². The lowest BCUT2D eigenvalue weighted by molar-refractivity contribution is -0.139. The quantitative estimate of drug-likeness (QED) is 0.627. The van der Waals surface area contributed by atoms with E-state index in [1.807, 2.05) is 6.92 Å². The van der Waals surface area contributed by atoms with E-state index in [1.165, 1.54) is 7.11 Å². The van der Waals surface area contributed by atoms with Crippen LogP contribution in [0, 0.1) is 6.92 Å². The zero-order chi connectivity index (χ0) is 18.4. The Morgan fingerprint density at radius 1 is 1.24 bits per heavy atom. The molecule has 25 heavy (non-hydrogen) atoms. The highest BCUT2D eigenvalue weighted by Gasteiger charge is 2.07. The van der Waals surface area contributed by atoms with Gasteiger partial charge in [0.2, 0.25) is 0 Å². The van der Waals surface area contributed by atoms with Gasteiger partial charge >= 0.3 is 11.9 Å². The summed E-state index contributed by atoms with van der Waals surface area (Å²) in [5.74, 6) is -1.19. The van der Waals surface area contributed by atoms with Gasteiger partial charge in [-0.05, 0) is 54.4 Å². The third-order valence-corrected chi connectivity index (χ3v) is 3.57. The average molecular weight is 362 g/mol. The highest BCUT2D eigenvalue weighted by molar-refractivity contribution is 6.32. The molecule has 2 aromatic rings. The second-order valence-electron chi connectivity index (χ2n) is 5.12. The number of methoxy groups -OCH3 is 1. The molecular formula is C18H16ClNO5. The summed E-state index contributed by atoms with van der Waals surface area (Å²) in [4.78, 5) is 26.4. The molecule has 0 saturated carbocycles. The van der Waals surface area contributed by atoms with E-state index in [2.05, 4.69) is 9.73 Å². The van der Waals surface area contributed by atoms with Gasteiger partial charge in [-0.25, -0.2) is 9.59 Å². The van der Waals surface area contributed by atoms with Crippen molar-refractivity contribution in [3.05, 3.63) is 58.1 Å². The summed E-state index contributed by atoms with van der Waals surface area (Å²) in [5.41, 5.74) is 2.72. The standard InChI is InChI=1S/C18H16ClNO5/c1-11-7-13(18(23)24-2)4-5-15(11)20-9-12-3-6-16(14(19)8-12)25-10-17(21)22/h3-9H,10H2,1-2H3,(H,21,22). The van der Waals surface area contributed by atoms with E-state index in [9.17, 15) is 9.59 Å². The highest BCUT2D eigenvalue weighted by Crippen LogP contribution is 2.26. The summed E-state index contributed by atoms with van der Waals surface area (Å²) in [6, 6.07) is 9.99. The molecule has 0 fully saturated rings. The molecule has 1 N–H and O–H groups in total. The first-order valence-electron chi connectivity index (χ1n) is 7.28. The van der Waals surface area contributed by atoms with Crippen LogP contribution in [0.1, 0.15) is 21.5 Å². The number of carbonyl (C=O) groups is 2. The Morgan fingerprint density at radius 3 is 2.60 bits per heavy atom. The number of carboxylic acid groups (broad SMARTS) is 1. The molecule has 0 heterocycles. The van der Waals surface area contributed by atoms with Gasteiger partial charge in [-0.3, -0.25) is 4.99 Å². The summed E-state index contributed by atoms with van der Waals surface area (Å²) >= 11 is 6.07. The third kappa shape index (κ3) is 5.06. The van der Waals surface area contributed by atoms with Gasteiger partial charge in [0.05, 0.1) is 23.4 Å². The van der Waals surface area contributed by atoms with Crippen LogP contribution in [0.5, 0.6) is 5.75 Å². The van der Waals surface area contributed by atoms with E-state index in [4.69, 9.17) is 21.4 Å². The average Bonchev–Trinajstić information content (AvgIpc) is 2.59. The SMILES string of the molecule is COC(=O)c1ccc(N=Cc2ccc(OCC(=O)O)c(Cl)c2)c(C)c1. The molecule has 0 unspecified atom stereocenters. The minimum absolute atomic E-state index is 0.292. The van der Waals surface area contributed by atoms with Crippen LogP contribution in [-0.2, 0) is 9.53 Å². The Kier molecular flexibility index (Phi) is 6.14. The Hall–Kier alpha value is -2.86. The van der Waals surface area contributed by atoms with Crippen LogP contribution in [0.25, 0.3) is 0 Å². The van der Waals surface area contributed by atoms with Crippen LogP contribution >= 0.6 is 11.6 Å². The summed E-state index contributed by atoms with van der Waals surface area (Å²) < 4.78 is 9.74. The van der Waals surface area contributed by atoms with Crippen molar-refractivity contribution in [3.63, 3.8) is 0 Å². The molecule has 0 atom stereocenters. The van der Waals surface area contributed by atoms with Crippen LogP contribution in [0.4, 0.5) is 5.69 Å². The summed E-state index contributed by atoms with van der Waals surface area (Å²) in [6.45, 7) is 1.38. The molecule has 0 bridgehead atoms. The van der Waals surface area contributed by atoms with Crippen LogP contribution < -0.4 is 4.74 Å². The summed E-state index contributed by atoms with van der Waals surface area (Å²) in [7, 11) is 1.33. The van der Waals surface area contributed by atoms with E-state index >= 15 is 0 Å². The molecule has 6 nitrogen and oxygen atoms in total. The Morgan fingerprint density at radius 2 is 2.00 bits per heavy atom. The first-order valence-corrected chi connectivity index (χ1v) is 7.65. The number of hydrogen-bond donors (Lipinski definition) is 1. The van der Waals surface area contributed by atoms with E-state index in [1.54, 1.807) is 42.6 Å².